The van der Waals surface area contributed by atoms with Crippen molar-refractivity contribution >= 4 is 17.5 Å². The van der Waals surface area contributed by atoms with Gasteiger partial charge in [-0.05, 0) is 19.8 Å². The minimum absolute atomic E-state index is 0.0143. The van der Waals surface area contributed by atoms with Crippen LogP contribution in [0.3, 0.4) is 0 Å². The molecule has 2 heterocycles. The summed E-state index contributed by atoms with van der Waals surface area (Å²) < 4.78 is 0. The van der Waals surface area contributed by atoms with Crippen LogP contribution in [-0.4, -0.2) is 48.7 Å². The minimum atomic E-state index is -0.468. The van der Waals surface area contributed by atoms with Gasteiger partial charge in [0.1, 0.15) is 0 Å². The van der Waals surface area contributed by atoms with Crippen LogP contribution in [0.5, 0.6) is 0 Å². The maximum Gasteiger partial charge on any atom is 0.266 e. The van der Waals surface area contributed by atoms with Crippen LogP contribution in [0.1, 0.15) is 33.1 Å². The van der Waals surface area contributed by atoms with Crippen LogP contribution in [0, 0.1) is 5.41 Å². The van der Waals surface area contributed by atoms with Crippen molar-refractivity contribution in [3.63, 3.8) is 0 Å². The van der Waals surface area contributed by atoms with Crippen molar-refractivity contribution in [2.24, 2.45) is 10.6 Å². The fraction of sp³-hybridized carbons (Fsp3) is 0.769. The summed E-state index contributed by atoms with van der Waals surface area (Å²) in [6.07, 6.45) is 1.47. The lowest BCUT2D eigenvalue weighted by molar-refractivity contribution is -0.147. The second kappa shape index (κ2) is 5.19. The van der Waals surface area contributed by atoms with E-state index in [4.69, 9.17) is 4.84 Å². The smallest absolute Gasteiger partial charge is 0.266 e. The summed E-state index contributed by atoms with van der Waals surface area (Å²) in [4.78, 5) is 30.9. The summed E-state index contributed by atoms with van der Waals surface area (Å²) in [6.45, 7) is 5.00. The average Bonchev–Trinajstić information content (AvgIpc) is 2.84. The van der Waals surface area contributed by atoms with Gasteiger partial charge >= 0.3 is 0 Å². The summed E-state index contributed by atoms with van der Waals surface area (Å²) in [5.74, 6) is 0.0375. The largest absolute Gasteiger partial charge is 0.382 e. The number of nitrogens with one attached hydrogen (secondary N) is 1. The molecule has 106 valence electrons. The van der Waals surface area contributed by atoms with E-state index in [0.29, 0.717) is 32.4 Å². The van der Waals surface area contributed by atoms with Crippen molar-refractivity contribution in [3.8, 4) is 0 Å². The molecule has 2 aliphatic rings. The molecule has 1 atom stereocenters. The standard InChI is InChI=1S/C13H21N3O3/c1-9-8-10(19-15-9)11(17)16-6-4-13(2,5-7-16)12(18)14-3/h10H,4-8H2,1-3H3,(H,14,18). The zero-order valence-corrected chi connectivity index (χ0v) is 11.7. The maximum atomic E-state index is 12.2. The number of oxime groups is 1. The predicted octanol–water partition coefficient (Wildman–Crippen LogP) is 0.526. The van der Waals surface area contributed by atoms with Crippen LogP contribution in [-0.2, 0) is 14.4 Å². The summed E-state index contributed by atoms with van der Waals surface area (Å²) in [5.41, 5.74) is 0.486. The summed E-state index contributed by atoms with van der Waals surface area (Å²) in [7, 11) is 1.65. The third-order valence-electron chi connectivity index (χ3n) is 4.05. The van der Waals surface area contributed by atoms with Crippen molar-refractivity contribution in [1.82, 2.24) is 10.2 Å². The van der Waals surface area contributed by atoms with Gasteiger partial charge in [0.15, 0.2) is 0 Å². The Labute approximate surface area is 113 Å². The van der Waals surface area contributed by atoms with Gasteiger partial charge in [0.05, 0.1) is 5.71 Å². The number of nitrogens with zero attached hydrogens (tertiary/aromatic N) is 2. The zero-order valence-electron chi connectivity index (χ0n) is 11.7. The van der Waals surface area contributed by atoms with Crippen LogP contribution in [0.2, 0.25) is 0 Å². The Morgan fingerprint density at radius 2 is 2.05 bits per heavy atom. The maximum absolute atomic E-state index is 12.2. The quantitative estimate of drug-likeness (QED) is 0.793. The predicted molar refractivity (Wildman–Crippen MR) is 70.6 cm³/mol. The summed E-state index contributed by atoms with van der Waals surface area (Å²) in [5, 5.41) is 6.50. The van der Waals surface area contributed by atoms with E-state index in [9.17, 15) is 9.59 Å². The molecule has 2 rings (SSSR count). The van der Waals surface area contributed by atoms with Gasteiger partial charge in [-0.3, -0.25) is 9.59 Å². The first-order valence-electron chi connectivity index (χ1n) is 6.66. The Balaban J connectivity index is 1.90. The molecule has 0 aromatic rings. The lowest BCUT2D eigenvalue weighted by Gasteiger charge is -2.38. The van der Waals surface area contributed by atoms with E-state index in [0.717, 1.165) is 5.71 Å². The number of hydrogen-bond donors (Lipinski definition) is 1. The molecule has 0 bridgehead atoms. The number of likely N-dealkylation sites (tertiary alicyclic amines) is 1. The zero-order chi connectivity index (χ0) is 14.0. The van der Waals surface area contributed by atoms with Gasteiger partial charge in [0.25, 0.3) is 5.91 Å². The first-order chi connectivity index (χ1) is 8.96. The molecule has 0 radical (unpaired) electrons. The molecule has 1 saturated heterocycles. The number of piperidine rings is 1. The SMILES string of the molecule is CNC(=O)C1(C)CCN(C(=O)C2CC(C)=NO2)CC1. The number of carbonyl (C=O) groups is 2. The van der Waals surface area contributed by atoms with Gasteiger partial charge in [0, 0.05) is 32.0 Å². The van der Waals surface area contributed by atoms with E-state index in [-0.39, 0.29) is 17.2 Å². The molecule has 0 aromatic heterocycles. The van der Waals surface area contributed by atoms with Crippen LogP contribution < -0.4 is 5.32 Å². The van der Waals surface area contributed by atoms with Crippen LogP contribution in [0.15, 0.2) is 5.16 Å². The Hall–Kier alpha value is -1.59. The summed E-state index contributed by atoms with van der Waals surface area (Å²) >= 11 is 0. The summed E-state index contributed by atoms with van der Waals surface area (Å²) in [6, 6.07) is 0. The number of amides is 2. The van der Waals surface area contributed by atoms with Gasteiger partial charge in [-0.15, -0.1) is 0 Å². The Bertz CT molecular complexity index is 411. The highest BCUT2D eigenvalue weighted by Crippen LogP contribution is 2.31. The van der Waals surface area contributed by atoms with Gasteiger partial charge < -0.3 is 15.1 Å². The van der Waals surface area contributed by atoms with Crippen molar-refractivity contribution < 1.29 is 14.4 Å². The molecule has 0 aliphatic carbocycles. The van der Waals surface area contributed by atoms with Crippen molar-refractivity contribution in [3.05, 3.63) is 0 Å². The fourth-order valence-corrected chi connectivity index (χ4v) is 2.58. The highest BCUT2D eigenvalue weighted by atomic mass is 16.6. The molecule has 6 nitrogen and oxygen atoms in total. The molecular formula is C13H21N3O3. The number of hydrogen-bond acceptors (Lipinski definition) is 4. The highest BCUT2D eigenvalue weighted by Gasteiger charge is 2.39. The molecule has 2 aliphatic heterocycles. The molecule has 1 fully saturated rings. The fourth-order valence-electron chi connectivity index (χ4n) is 2.58. The molecule has 2 amide bonds. The lowest BCUT2D eigenvalue weighted by atomic mass is 9.79. The second-order valence-electron chi connectivity index (χ2n) is 5.59. The van der Waals surface area contributed by atoms with Crippen LogP contribution in [0.25, 0.3) is 0 Å². The van der Waals surface area contributed by atoms with Gasteiger partial charge in [-0.2, -0.15) is 0 Å². The molecule has 0 saturated carbocycles. The monoisotopic (exact) mass is 267 g/mol. The van der Waals surface area contributed by atoms with Crippen LogP contribution in [0.4, 0.5) is 0 Å². The molecule has 19 heavy (non-hydrogen) atoms. The van der Waals surface area contributed by atoms with Gasteiger partial charge in [-0.1, -0.05) is 12.1 Å². The van der Waals surface area contributed by atoms with E-state index < -0.39 is 6.10 Å². The first kappa shape index (κ1) is 13.8. The molecule has 1 unspecified atom stereocenters. The van der Waals surface area contributed by atoms with E-state index in [1.807, 2.05) is 13.8 Å². The molecule has 0 aromatic carbocycles. The Kier molecular flexibility index (Phi) is 3.78. The highest BCUT2D eigenvalue weighted by molar-refractivity contribution is 5.91. The molecular weight excluding hydrogens is 246 g/mol. The van der Waals surface area contributed by atoms with E-state index >= 15 is 0 Å². The second-order valence-corrected chi connectivity index (χ2v) is 5.59. The Morgan fingerprint density at radius 1 is 1.42 bits per heavy atom. The number of rotatable bonds is 2. The third-order valence-corrected chi connectivity index (χ3v) is 4.05. The van der Waals surface area contributed by atoms with Crippen molar-refractivity contribution in [2.75, 3.05) is 20.1 Å². The van der Waals surface area contributed by atoms with Crippen molar-refractivity contribution in [2.45, 2.75) is 39.2 Å². The average molecular weight is 267 g/mol. The lowest BCUT2D eigenvalue weighted by Crippen LogP contribution is -2.50. The molecule has 1 N–H and O–H groups in total. The van der Waals surface area contributed by atoms with Gasteiger partial charge in [0.2, 0.25) is 12.0 Å². The Morgan fingerprint density at radius 3 is 2.53 bits per heavy atom. The first-order valence-corrected chi connectivity index (χ1v) is 6.66. The normalized spacial score (nSPS) is 25.5. The van der Waals surface area contributed by atoms with E-state index in [1.54, 1.807) is 11.9 Å². The number of carbonyl (C=O) groups excluding carboxylic acids is 2. The topological polar surface area (TPSA) is 71.0 Å². The van der Waals surface area contributed by atoms with E-state index in [2.05, 4.69) is 10.5 Å². The third kappa shape index (κ3) is 2.72. The minimum Gasteiger partial charge on any atom is -0.382 e. The van der Waals surface area contributed by atoms with Crippen LogP contribution >= 0.6 is 0 Å². The molecule has 0 spiro atoms. The van der Waals surface area contributed by atoms with Gasteiger partial charge in [-0.25, -0.2) is 0 Å². The molecule has 6 heteroatoms. The van der Waals surface area contributed by atoms with Crippen molar-refractivity contribution in [1.29, 1.82) is 0 Å². The van der Waals surface area contributed by atoms with E-state index in [1.165, 1.54) is 0 Å².